The van der Waals surface area contributed by atoms with Crippen LogP contribution in [0.3, 0.4) is 0 Å². The smallest absolute Gasteiger partial charge is 0.126 e. The maximum Gasteiger partial charge on any atom is 0.126 e. The lowest BCUT2D eigenvalue weighted by atomic mass is 10.2. The van der Waals surface area contributed by atoms with Crippen molar-refractivity contribution in [3.05, 3.63) is 47.0 Å². The zero-order valence-electron chi connectivity index (χ0n) is 8.44. The number of imidazole rings is 1. The summed E-state index contributed by atoms with van der Waals surface area (Å²) in [5.74, 6) is 0.834. The Hall–Kier alpha value is -1.32. The Kier molecular flexibility index (Phi) is 2.75. The molecule has 0 fully saturated rings. The van der Waals surface area contributed by atoms with E-state index in [4.69, 9.17) is 17.3 Å². The average molecular weight is 222 g/mol. The first-order valence-electron chi connectivity index (χ1n) is 4.71. The molecule has 0 spiro atoms. The maximum atomic E-state index is 5.96. The molecule has 2 rings (SSSR count). The number of nitrogens with two attached hydrogens (primary N) is 1. The van der Waals surface area contributed by atoms with Gasteiger partial charge in [-0.05, 0) is 24.6 Å². The highest BCUT2D eigenvalue weighted by molar-refractivity contribution is 6.30. The number of hydrogen-bond donors (Lipinski definition) is 1. The molecule has 0 atom stereocenters. The number of aryl methyl sites for hydroxylation is 1. The van der Waals surface area contributed by atoms with Crippen molar-refractivity contribution >= 4 is 11.6 Å². The van der Waals surface area contributed by atoms with Crippen LogP contribution < -0.4 is 5.73 Å². The second-order valence-corrected chi connectivity index (χ2v) is 3.78. The molecule has 0 aliphatic rings. The summed E-state index contributed by atoms with van der Waals surface area (Å²) in [5, 5.41) is 0.715. The number of halogens is 1. The molecule has 0 saturated heterocycles. The fraction of sp³-hybridized carbons (Fsp3) is 0.182. The van der Waals surface area contributed by atoms with Crippen LogP contribution in [-0.4, -0.2) is 9.55 Å². The van der Waals surface area contributed by atoms with Crippen LogP contribution in [0.25, 0.3) is 5.69 Å². The summed E-state index contributed by atoms with van der Waals surface area (Å²) >= 11 is 5.96. The highest BCUT2D eigenvalue weighted by Gasteiger charge is 2.06. The number of nitrogens with zero attached hydrogens (tertiary/aromatic N) is 2. The van der Waals surface area contributed by atoms with Gasteiger partial charge in [0.1, 0.15) is 5.82 Å². The maximum absolute atomic E-state index is 5.96. The van der Waals surface area contributed by atoms with Crippen molar-refractivity contribution in [3.63, 3.8) is 0 Å². The van der Waals surface area contributed by atoms with Crippen LogP contribution in [-0.2, 0) is 6.54 Å². The number of aromatic nitrogens is 2. The van der Waals surface area contributed by atoms with Crippen molar-refractivity contribution in [2.45, 2.75) is 13.5 Å². The molecule has 2 N–H and O–H groups in total. The van der Waals surface area contributed by atoms with E-state index in [1.807, 2.05) is 35.9 Å². The van der Waals surface area contributed by atoms with Gasteiger partial charge in [0.25, 0.3) is 0 Å². The summed E-state index contributed by atoms with van der Waals surface area (Å²) in [4.78, 5) is 4.18. The number of rotatable bonds is 2. The van der Waals surface area contributed by atoms with Gasteiger partial charge in [0, 0.05) is 17.4 Å². The van der Waals surface area contributed by atoms with Gasteiger partial charge in [-0.15, -0.1) is 0 Å². The number of benzene rings is 1. The Bertz CT molecular complexity index is 476. The summed E-state index contributed by atoms with van der Waals surface area (Å²) in [6, 6.07) is 5.77. The first-order valence-corrected chi connectivity index (χ1v) is 5.09. The van der Waals surface area contributed by atoms with Gasteiger partial charge in [0.05, 0.1) is 12.2 Å². The van der Waals surface area contributed by atoms with Gasteiger partial charge in [-0.2, -0.15) is 0 Å². The van der Waals surface area contributed by atoms with Crippen molar-refractivity contribution < 1.29 is 0 Å². The Balaban J connectivity index is 2.58. The van der Waals surface area contributed by atoms with Crippen molar-refractivity contribution in [1.82, 2.24) is 9.55 Å². The molecule has 0 radical (unpaired) electrons. The summed E-state index contributed by atoms with van der Waals surface area (Å²) in [6.45, 7) is 2.45. The molecular weight excluding hydrogens is 210 g/mol. The Morgan fingerprint density at radius 2 is 2.27 bits per heavy atom. The molecule has 1 heterocycles. The zero-order valence-corrected chi connectivity index (χ0v) is 9.20. The normalized spacial score (nSPS) is 10.6. The Morgan fingerprint density at radius 1 is 1.47 bits per heavy atom. The van der Waals surface area contributed by atoms with Crippen molar-refractivity contribution in [1.29, 1.82) is 0 Å². The lowest BCUT2D eigenvalue weighted by molar-refractivity contribution is 0.863. The monoisotopic (exact) mass is 221 g/mol. The van der Waals surface area contributed by atoms with Crippen LogP contribution in [0.5, 0.6) is 0 Å². The van der Waals surface area contributed by atoms with Crippen LogP contribution >= 0.6 is 11.6 Å². The van der Waals surface area contributed by atoms with E-state index >= 15 is 0 Å². The largest absolute Gasteiger partial charge is 0.324 e. The molecule has 2 aromatic rings. The fourth-order valence-corrected chi connectivity index (χ4v) is 1.71. The van der Waals surface area contributed by atoms with E-state index in [0.29, 0.717) is 11.6 Å². The predicted molar refractivity (Wildman–Crippen MR) is 61.2 cm³/mol. The van der Waals surface area contributed by atoms with Crippen LogP contribution in [0, 0.1) is 6.92 Å². The van der Waals surface area contributed by atoms with Crippen LogP contribution in [0.2, 0.25) is 5.02 Å². The van der Waals surface area contributed by atoms with Gasteiger partial charge >= 0.3 is 0 Å². The summed E-state index contributed by atoms with van der Waals surface area (Å²) in [5.41, 5.74) is 7.78. The molecule has 78 valence electrons. The van der Waals surface area contributed by atoms with Crippen molar-refractivity contribution in [2.24, 2.45) is 5.73 Å². The molecule has 3 nitrogen and oxygen atoms in total. The quantitative estimate of drug-likeness (QED) is 0.846. The Morgan fingerprint density at radius 3 is 3.00 bits per heavy atom. The van der Waals surface area contributed by atoms with Crippen LogP contribution in [0.4, 0.5) is 0 Å². The third kappa shape index (κ3) is 1.89. The topological polar surface area (TPSA) is 43.8 Å². The SMILES string of the molecule is Cc1ccc(Cl)cc1-n1ccnc1CN. The van der Waals surface area contributed by atoms with Gasteiger partial charge in [-0.25, -0.2) is 4.98 Å². The standard InChI is InChI=1S/C11H12ClN3/c1-8-2-3-9(12)6-10(8)15-5-4-14-11(15)7-13/h2-6H,7,13H2,1H3. The summed E-state index contributed by atoms with van der Waals surface area (Å²) in [7, 11) is 0. The molecule has 4 heteroatoms. The molecule has 0 unspecified atom stereocenters. The highest BCUT2D eigenvalue weighted by Crippen LogP contribution is 2.20. The van der Waals surface area contributed by atoms with Gasteiger partial charge in [-0.3, -0.25) is 0 Å². The van der Waals surface area contributed by atoms with E-state index in [2.05, 4.69) is 4.98 Å². The molecular formula is C11H12ClN3. The second-order valence-electron chi connectivity index (χ2n) is 3.35. The molecule has 15 heavy (non-hydrogen) atoms. The lowest BCUT2D eigenvalue weighted by Crippen LogP contribution is -2.07. The van der Waals surface area contributed by atoms with Gasteiger partial charge in [-0.1, -0.05) is 17.7 Å². The first kappa shape index (κ1) is 10.2. The van der Waals surface area contributed by atoms with E-state index in [-0.39, 0.29) is 0 Å². The van der Waals surface area contributed by atoms with E-state index < -0.39 is 0 Å². The second kappa shape index (κ2) is 4.04. The van der Waals surface area contributed by atoms with Gasteiger partial charge in [0.2, 0.25) is 0 Å². The third-order valence-electron chi connectivity index (χ3n) is 2.33. The van der Waals surface area contributed by atoms with Crippen molar-refractivity contribution in [2.75, 3.05) is 0 Å². The van der Waals surface area contributed by atoms with E-state index in [1.165, 1.54) is 0 Å². The van der Waals surface area contributed by atoms with Gasteiger partial charge in [0.15, 0.2) is 0 Å². The van der Waals surface area contributed by atoms with Crippen LogP contribution in [0.1, 0.15) is 11.4 Å². The first-order chi connectivity index (χ1) is 7.22. The highest BCUT2D eigenvalue weighted by atomic mass is 35.5. The molecule has 0 aliphatic carbocycles. The molecule has 1 aromatic heterocycles. The number of hydrogen-bond acceptors (Lipinski definition) is 2. The van der Waals surface area contributed by atoms with Crippen molar-refractivity contribution in [3.8, 4) is 5.69 Å². The molecule has 0 amide bonds. The minimum atomic E-state index is 0.416. The molecule has 0 aliphatic heterocycles. The Labute approximate surface area is 93.5 Å². The van der Waals surface area contributed by atoms with E-state index in [9.17, 15) is 0 Å². The zero-order chi connectivity index (χ0) is 10.8. The summed E-state index contributed by atoms with van der Waals surface area (Å²) < 4.78 is 1.96. The molecule has 0 bridgehead atoms. The molecule has 1 aromatic carbocycles. The minimum Gasteiger partial charge on any atom is -0.324 e. The van der Waals surface area contributed by atoms with Crippen LogP contribution in [0.15, 0.2) is 30.6 Å². The third-order valence-corrected chi connectivity index (χ3v) is 2.57. The summed E-state index contributed by atoms with van der Waals surface area (Å²) in [6.07, 6.45) is 3.63. The van der Waals surface area contributed by atoms with Gasteiger partial charge < -0.3 is 10.3 Å². The predicted octanol–water partition coefficient (Wildman–Crippen LogP) is 2.29. The fourth-order valence-electron chi connectivity index (χ4n) is 1.55. The lowest BCUT2D eigenvalue weighted by Gasteiger charge is -2.09. The average Bonchev–Trinajstić information content (AvgIpc) is 2.69. The molecule has 0 saturated carbocycles. The van der Waals surface area contributed by atoms with E-state index in [1.54, 1.807) is 6.20 Å². The van der Waals surface area contributed by atoms with E-state index in [0.717, 1.165) is 17.1 Å². The minimum absolute atomic E-state index is 0.416.